The summed E-state index contributed by atoms with van der Waals surface area (Å²) in [6.45, 7) is 4.62. The van der Waals surface area contributed by atoms with Gasteiger partial charge in [-0.3, -0.25) is 9.59 Å². The summed E-state index contributed by atoms with van der Waals surface area (Å²) < 4.78 is 17.3. The fourth-order valence-corrected chi connectivity index (χ4v) is 7.11. The van der Waals surface area contributed by atoms with E-state index in [-0.39, 0.29) is 36.2 Å². The van der Waals surface area contributed by atoms with Crippen LogP contribution < -0.4 is 0 Å². The van der Waals surface area contributed by atoms with Gasteiger partial charge in [-0.2, -0.15) is 0 Å². The average Bonchev–Trinajstić information content (AvgIpc) is 3.18. The number of carboxylic acids is 1. The molecule has 0 radical (unpaired) electrons. The van der Waals surface area contributed by atoms with E-state index in [0.29, 0.717) is 19.3 Å². The first-order valence-corrected chi connectivity index (χ1v) is 24.0. The number of carbonyl (C=O) groups excluding carboxylic acids is 2. The Bertz CT molecular complexity index is 1050. The maximum absolute atomic E-state index is 12.8. The van der Waals surface area contributed by atoms with E-state index in [1.165, 1.54) is 109 Å². The van der Waals surface area contributed by atoms with Crippen LogP contribution in [0, 0.1) is 0 Å². The topological polar surface area (TPSA) is 99.1 Å². The number of hydrogen-bond acceptors (Lipinski definition) is 6. The number of unbranched alkanes of at least 4 members (excludes halogenated alkanes) is 23. The molecule has 0 aromatic heterocycles. The highest BCUT2D eigenvalue weighted by Gasteiger charge is 2.31. The van der Waals surface area contributed by atoms with E-state index in [1.54, 1.807) is 0 Å². The lowest BCUT2D eigenvalue weighted by Gasteiger charge is -2.31. The van der Waals surface area contributed by atoms with Gasteiger partial charge in [-0.05, 0) is 44.9 Å². The van der Waals surface area contributed by atoms with Crippen molar-refractivity contribution in [1.82, 2.24) is 0 Å². The van der Waals surface area contributed by atoms with Gasteiger partial charge < -0.3 is 23.8 Å². The number of rotatable bonds is 43. The van der Waals surface area contributed by atoms with Crippen LogP contribution in [0.1, 0.15) is 213 Å². The van der Waals surface area contributed by atoms with Crippen LogP contribution in [0.15, 0.2) is 36.5 Å². The number of esters is 2. The summed E-state index contributed by atoms with van der Waals surface area (Å²) in [7, 11) is 5.53. The number of likely N-dealkylation sites (N-methyl/N-ethyl adjacent to an activating group) is 1. The van der Waals surface area contributed by atoms with Gasteiger partial charge in [0.05, 0.1) is 34.4 Å². The third kappa shape index (κ3) is 39.0. The van der Waals surface area contributed by atoms with Crippen molar-refractivity contribution >= 4 is 17.9 Å². The molecule has 0 bridgehead atoms. The summed E-state index contributed by atoms with van der Waals surface area (Å²) in [6.07, 6.45) is 47.6. The number of hydrogen-bond donors (Lipinski definition) is 1. The maximum Gasteiger partial charge on any atom is 0.362 e. The third-order valence-electron chi connectivity index (χ3n) is 10.8. The quantitative estimate of drug-likeness (QED) is 0.0283. The van der Waals surface area contributed by atoms with E-state index in [2.05, 4.69) is 50.3 Å². The SMILES string of the molecule is CC/C=C/C/C=C/C/C=C/CCCCCCC(=O)OCC(COCCC(C(=O)O)[N+](C)(C)C)OC(=O)CCCCCCCCCCCCCCCCCCCCCC. The van der Waals surface area contributed by atoms with Crippen LogP contribution >= 0.6 is 0 Å². The number of quaternary nitrogens is 1. The molecule has 2 unspecified atom stereocenters. The summed E-state index contributed by atoms with van der Waals surface area (Å²) in [5.74, 6) is -1.49. The van der Waals surface area contributed by atoms with Crippen molar-refractivity contribution in [3.63, 3.8) is 0 Å². The molecule has 0 aromatic carbocycles. The monoisotopic (exact) mass is 819 g/mol. The molecular weight excluding hydrogens is 727 g/mol. The summed E-state index contributed by atoms with van der Waals surface area (Å²) in [4.78, 5) is 37.0. The number of carbonyl (C=O) groups is 3. The molecule has 0 aliphatic carbocycles. The zero-order valence-corrected chi connectivity index (χ0v) is 38.5. The second-order valence-electron chi connectivity index (χ2n) is 17.3. The molecule has 8 heteroatoms. The van der Waals surface area contributed by atoms with Crippen LogP contribution in [-0.2, 0) is 28.6 Å². The van der Waals surface area contributed by atoms with Crippen molar-refractivity contribution in [3.8, 4) is 0 Å². The Labute approximate surface area is 357 Å². The average molecular weight is 819 g/mol. The van der Waals surface area contributed by atoms with Gasteiger partial charge >= 0.3 is 17.9 Å². The summed E-state index contributed by atoms with van der Waals surface area (Å²) in [5.41, 5.74) is 0. The number of nitrogens with zero attached hydrogens (tertiary/aromatic N) is 1. The van der Waals surface area contributed by atoms with Crippen molar-refractivity contribution in [3.05, 3.63) is 36.5 Å². The van der Waals surface area contributed by atoms with Crippen molar-refractivity contribution in [1.29, 1.82) is 0 Å². The van der Waals surface area contributed by atoms with Crippen LogP contribution in [0.4, 0.5) is 0 Å². The summed E-state index contributed by atoms with van der Waals surface area (Å²) in [5, 5.41) is 9.63. The lowest BCUT2D eigenvalue weighted by atomic mass is 10.0. The van der Waals surface area contributed by atoms with E-state index in [4.69, 9.17) is 14.2 Å². The molecule has 0 rings (SSSR count). The molecule has 8 nitrogen and oxygen atoms in total. The van der Waals surface area contributed by atoms with E-state index in [9.17, 15) is 19.5 Å². The van der Waals surface area contributed by atoms with E-state index >= 15 is 0 Å². The minimum atomic E-state index is -0.877. The molecule has 0 saturated heterocycles. The van der Waals surface area contributed by atoms with Crippen LogP contribution in [0.2, 0.25) is 0 Å². The standard InChI is InChI=1S/C50H91NO7/c1-6-8-10-12-14-16-18-20-22-23-24-25-26-27-29-31-33-35-37-39-41-49(53)58-46(44-56-43-42-47(50(54)55)51(3,4)5)45-57-48(52)40-38-36-34-32-30-28-21-19-17-15-13-11-9-7-2/h9,11,15,17,21,28,46-47H,6-8,10,12-14,16,18-20,22-27,29-45H2,1-5H3/p+1/b11-9+,17-15+,28-21+. The molecule has 0 saturated carbocycles. The molecular formula is C50H92NO7+. The first-order chi connectivity index (χ1) is 28.1. The Morgan fingerprint density at radius 1 is 0.534 bits per heavy atom. The lowest BCUT2D eigenvalue weighted by molar-refractivity contribution is -0.887. The second-order valence-corrected chi connectivity index (χ2v) is 17.3. The fraction of sp³-hybridized carbons (Fsp3) is 0.820. The largest absolute Gasteiger partial charge is 0.477 e. The Kier molecular flexibility index (Phi) is 39.5. The Balaban J connectivity index is 4.26. The third-order valence-corrected chi connectivity index (χ3v) is 10.8. The van der Waals surface area contributed by atoms with E-state index in [0.717, 1.165) is 70.6 Å². The van der Waals surface area contributed by atoms with Gasteiger partial charge in [0, 0.05) is 19.3 Å². The summed E-state index contributed by atoms with van der Waals surface area (Å²) in [6, 6.07) is -0.616. The Hall–Kier alpha value is -2.45. The molecule has 0 aliphatic heterocycles. The zero-order valence-electron chi connectivity index (χ0n) is 38.5. The van der Waals surface area contributed by atoms with Crippen LogP contribution in [0.5, 0.6) is 0 Å². The number of aliphatic carboxylic acids is 1. The second kappa shape index (κ2) is 41.3. The Morgan fingerprint density at radius 3 is 1.43 bits per heavy atom. The fourth-order valence-electron chi connectivity index (χ4n) is 7.11. The highest BCUT2D eigenvalue weighted by molar-refractivity contribution is 5.72. The van der Waals surface area contributed by atoms with Crippen LogP contribution in [-0.4, -0.2) is 80.6 Å². The van der Waals surface area contributed by atoms with E-state index < -0.39 is 18.1 Å². The molecule has 0 aromatic rings. The first kappa shape index (κ1) is 55.5. The van der Waals surface area contributed by atoms with Gasteiger partial charge in [0.1, 0.15) is 6.61 Å². The molecule has 0 spiro atoms. The molecule has 338 valence electrons. The van der Waals surface area contributed by atoms with Crippen molar-refractivity contribution in [2.75, 3.05) is 41.0 Å². The van der Waals surface area contributed by atoms with Crippen LogP contribution in [0.3, 0.4) is 0 Å². The minimum absolute atomic E-state index is 0.0565. The lowest BCUT2D eigenvalue weighted by Crippen LogP contribution is -2.50. The molecule has 0 fully saturated rings. The maximum atomic E-state index is 12.8. The van der Waals surface area contributed by atoms with Gasteiger partial charge in [0.15, 0.2) is 12.1 Å². The normalized spacial score (nSPS) is 13.2. The molecule has 0 aliphatic rings. The van der Waals surface area contributed by atoms with Gasteiger partial charge in [-0.15, -0.1) is 0 Å². The predicted molar refractivity (Wildman–Crippen MR) is 243 cm³/mol. The zero-order chi connectivity index (χ0) is 42.8. The Morgan fingerprint density at radius 2 is 0.966 bits per heavy atom. The van der Waals surface area contributed by atoms with Crippen molar-refractivity contribution in [2.24, 2.45) is 0 Å². The molecule has 1 N–H and O–H groups in total. The summed E-state index contributed by atoms with van der Waals surface area (Å²) >= 11 is 0. The van der Waals surface area contributed by atoms with Crippen LogP contribution in [0.25, 0.3) is 0 Å². The highest BCUT2D eigenvalue weighted by atomic mass is 16.6. The van der Waals surface area contributed by atoms with Gasteiger partial charge in [-0.1, -0.05) is 185 Å². The van der Waals surface area contributed by atoms with Crippen molar-refractivity contribution < 1.29 is 38.2 Å². The van der Waals surface area contributed by atoms with Gasteiger partial charge in [0.2, 0.25) is 0 Å². The van der Waals surface area contributed by atoms with Gasteiger partial charge in [-0.25, -0.2) is 4.79 Å². The number of ether oxygens (including phenoxy) is 3. The molecule has 0 amide bonds. The number of carboxylic acid groups (broad SMARTS) is 1. The highest BCUT2D eigenvalue weighted by Crippen LogP contribution is 2.16. The minimum Gasteiger partial charge on any atom is -0.477 e. The van der Waals surface area contributed by atoms with Crippen molar-refractivity contribution in [2.45, 2.75) is 225 Å². The first-order valence-electron chi connectivity index (χ1n) is 24.0. The number of allylic oxidation sites excluding steroid dienone is 6. The van der Waals surface area contributed by atoms with E-state index in [1.807, 2.05) is 21.1 Å². The molecule has 2 atom stereocenters. The van der Waals surface area contributed by atoms with Gasteiger partial charge in [0.25, 0.3) is 0 Å². The smallest absolute Gasteiger partial charge is 0.362 e. The predicted octanol–water partition coefficient (Wildman–Crippen LogP) is 13.4. The molecule has 58 heavy (non-hydrogen) atoms. The molecule has 0 heterocycles.